The van der Waals surface area contributed by atoms with E-state index < -0.39 is 0 Å². The topological polar surface area (TPSA) is 152 Å². The molecule has 262 valence electrons. The maximum absolute atomic E-state index is 12.1. The smallest absolute Gasteiger partial charge is 0.237 e. The molecule has 2 aliphatic heterocycles. The van der Waals surface area contributed by atoms with Crippen molar-refractivity contribution >= 4 is 35.0 Å². The molecule has 2 amide bonds. The standard InChI is InChI=1S/C36H40Cl2N8O4/c1-36(2)13-21(44-35(36)48)15-40-17-29-34(50-4)46-27(19-42-29)25-10-6-8-23(32(25)38)22-7-5-9-24(31(22)37)26-18-41-28(33(45-26)49-3)16-39-14-20-11-12-30(47)43-20/h5-10,18-21,39-40H,11-17H2,1-4H3,(H,43,47)(H,44,48)/t20-,21-/m0/s1. The monoisotopic (exact) mass is 718 g/mol. The number of hydrogen-bond acceptors (Lipinski definition) is 10. The van der Waals surface area contributed by atoms with Gasteiger partial charge in [0, 0.05) is 72.4 Å². The molecule has 4 N–H and O–H groups in total. The Bertz CT molecular complexity index is 1910. The minimum Gasteiger partial charge on any atom is -0.480 e. The highest BCUT2D eigenvalue weighted by Gasteiger charge is 2.38. The highest BCUT2D eigenvalue weighted by molar-refractivity contribution is 6.39. The average molecular weight is 720 g/mol. The first-order valence-electron chi connectivity index (χ1n) is 16.5. The van der Waals surface area contributed by atoms with E-state index in [0.717, 1.165) is 12.8 Å². The number of nitrogens with zero attached hydrogens (tertiary/aromatic N) is 4. The Morgan fingerprint density at radius 2 is 1.28 bits per heavy atom. The lowest BCUT2D eigenvalue weighted by Gasteiger charge is -2.16. The molecule has 0 saturated carbocycles. The molecule has 4 aromatic rings. The van der Waals surface area contributed by atoms with Crippen LogP contribution in [0.15, 0.2) is 48.8 Å². The van der Waals surface area contributed by atoms with Gasteiger partial charge in [0.1, 0.15) is 11.4 Å². The van der Waals surface area contributed by atoms with Crippen molar-refractivity contribution in [2.24, 2.45) is 5.41 Å². The van der Waals surface area contributed by atoms with E-state index in [9.17, 15) is 9.59 Å². The Labute approximate surface area is 301 Å². The summed E-state index contributed by atoms with van der Waals surface area (Å²) in [6, 6.07) is 11.5. The lowest BCUT2D eigenvalue weighted by molar-refractivity contribution is -0.126. The minimum atomic E-state index is -0.367. The third-order valence-corrected chi connectivity index (χ3v) is 9.82. The first-order valence-corrected chi connectivity index (χ1v) is 17.2. The highest BCUT2D eigenvalue weighted by atomic mass is 35.5. The molecule has 2 aliphatic rings. The van der Waals surface area contributed by atoms with Gasteiger partial charge in [0.2, 0.25) is 23.6 Å². The molecule has 0 aliphatic carbocycles. The fourth-order valence-electron chi connectivity index (χ4n) is 6.32. The Hall–Kier alpha value is -4.36. The van der Waals surface area contributed by atoms with Crippen LogP contribution in [0.2, 0.25) is 10.0 Å². The van der Waals surface area contributed by atoms with Gasteiger partial charge >= 0.3 is 0 Å². The second-order valence-electron chi connectivity index (χ2n) is 13.1. The largest absolute Gasteiger partial charge is 0.480 e. The maximum atomic E-state index is 12.1. The maximum Gasteiger partial charge on any atom is 0.237 e. The molecule has 12 nitrogen and oxygen atoms in total. The van der Waals surface area contributed by atoms with Crippen molar-refractivity contribution in [3.8, 4) is 45.4 Å². The predicted octanol–water partition coefficient (Wildman–Crippen LogP) is 4.96. The number of benzene rings is 2. The summed E-state index contributed by atoms with van der Waals surface area (Å²) in [7, 11) is 3.11. The summed E-state index contributed by atoms with van der Waals surface area (Å²) in [6.07, 6.45) is 5.47. The molecule has 2 aromatic heterocycles. The molecule has 2 saturated heterocycles. The second-order valence-corrected chi connectivity index (χ2v) is 13.8. The molecule has 2 atom stereocenters. The molecule has 0 radical (unpaired) electrons. The fourth-order valence-corrected chi connectivity index (χ4v) is 6.97. The molecule has 6 rings (SSSR count). The summed E-state index contributed by atoms with van der Waals surface area (Å²) in [5, 5.41) is 13.6. The first-order chi connectivity index (χ1) is 24.1. The van der Waals surface area contributed by atoms with Crippen molar-refractivity contribution in [3.05, 3.63) is 70.2 Å². The third kappa shape index (κ3) is 7.68. The van der Waals surface area contributed by atoms with Crippen LogP contribution in [-0.2, 0) is 22.7 Å². The number of amides is 2. The van der Waals surface area contributed by atoms with Crippen LogP contribution in [0.1, 0.15) is 44.5 Å². The summed E-state index contributed by atoms with van der Waals surface area (Å²) in [4.78, 5) is 42.4. The summed E-state index contributed by atoms with van der Waals surface area (Å²) in [5.74, 6) is 0.908. The molecule has 50 heavy (non-hydrogen) atoms. The van der Waals surface area contributed by atoms with E-state index in [1.807, 2.05) is 50.2 Å². The quantitative estimate of drug-likeness (QED) is 0.149. The van der Waals surface area contributed by atoms with Crippen LogP contribution in [0, 0.1) is 5.41 Å². The van der Waals surface area contributed by atoms with Gasteiger partial charge in [-0.05, 0) is 12.8 Å². The van der Waals surface area contributed by atoms with Gasteiger partial charge in [-0.25, -0.2) is 9.97 Å². The molecule has 0 bridgehead atoms. The minimum absolute atomic E-state index is 0.0529. The SMILES string of the molecule is COc1nc(-c2cccc(-c3cccc(-c4cnc(CNC[C@@H]5CC(C)(C)C(=O)N5)c(OC)n4)c3Cl)c2Cl)cnc1CNC[C@@H]1CCC(=O)N1. The molecule has 14 heteroatoms. The molecule has 0 unspecified atom stereocenters. The van der Waals surface area contributed by atoms with Crippen LogP contribution in [0.4, 0.5) is 0 Å². The van der Waals surface area contributed by atoms with E-state index in [1.54, 1.807) is 26.6 Å². The first kappa shape index (κ1) is 35.5. The van der Waals surface area contributed by atoms with Gasteiger partial charge in [-0.15, -0.1) is 0 Å². The molecule has 2 fully saturated rings. The summed E-state index contributed by atoms with van der Waals surface area (Å²) in [6.45, 7) is 6.00. The van der Waals surface area contributed by atoms with Crippen LogP contribution in [0.3, 0.4) is 0 Å². The molecule has 0 spiro atoms. The zero-order chi connectivity index (χ0) is 35.4. The summed E-state index contributed by atoms with van der Waals surface area (Å²) < 4.78 is 11.2. The van der Waals surface area contributed by atoms with Gasteiger partial charge in [0.25, 0.3) is 0 Å². The van der Waals surface area contributed by atoms with Crippen LogP contribution in [0.25, 0.3) is 33.6 Å². The van der Waals surface area contributed by atoms with E-state index in [0.29, 0.717) is 99.4 Å². The lowest BCUT2D eigenvalue weighted by Crippen LogP contribution is -2.35. The van der Waals surface area contributed by atoms with Crippen LogP contribution < -0.4 is 30.7 Å². The van der Waals surface area contributed by atoms with Gasteiger partial charge in [-0.3, -0.25) is 19.6 Å². The van der Waals surface area contributed by atoms with Gasteiger partial charge in [-0.2, -0.15) is 0 Å². The number of halogens is 2. The van der Waals surface area contributed by atoms with E-state index in [-0.39, 0.29) is 29.3 Å². The number of rotatable bonds is 13. The van der Waals surface area contributed by atoms with Crippen molar-refractivity contribution < 1.29 is 19.1 Å². The number of nitrogens with one attached hydrogen (secondary N) is 4. The van der Waals surface area contributed by atoms with Crippen molar-refractivity contribution in [1.29, 1.82) is 0 Å². The van der Waals surface area contributed by atoms with Crippen molar-refractivity contribution in [3.63, 3.8) is 0 Å². The van der Waals surface area contributed by atoms with Crippen molar-refractivity contribution in [1.82, 2.24) is 41.2 Å². The van der Waals surface area contributed by atoms with Crippen LogP contribution >= 0.6 is 23.2 Å². The number of aromatic nitrogens is 4. The molecular weight excluding hydrogens is 679 g/mol. The number of ether oxygens (including phenoxy) is 2. The Balaban J connectivity index is 1.19. The third-order valence-electron chi connectivity index (χ3n) is 9.01. The van der Waals surface area contributed by atoms with E-state index in [2.05, 4.69) is 31.2 Å². The molecule has 2 aromatic carbocycles. The number of carbonyl (C=O) groups is 2. The second kappa shape index (κ2) is 15.3. The van der Waals surface area contributed by atoms with Crippen LogP contribution in [-0.4, -0.2) is 71.1 Å². The normalized spacial score (nSPS) is 18.2. The highest BCUT2D eigenvalue weighted by Crippen LogP contribution is 2.42. The number of hydrogen-bond donors (Lipinski definition) is 4. The Morgan fingerprint density at radius 1 is 0.780 bits per heavy atom. The van der Waals surface area contributed by atoms with Crippen LogP contribution in [0.5, 0.6) is 11.8 Å². The average Bonchev–Trinajstić information content (AvgIpc) is 3.64. The van der Waals surface area contributed by atoms with Gasteiger partial charge in [-0.1, -0.05) is 73.4 Å². The van der Waals surface area contributed by atoms with Gasteiger partial charge in [0.05, 0.1) is 48.0 Å². The molecular formula is C36H40Cl2N8O4. The summed E-state index contributed by atoms with van der Waals surface area (Å²) >= 11 is 14.1. The van der Waals surface area contributed by atoms with E-state index in [4.69, 9.17) is 42.6 Å². The zero-order valence-corrected chi connectivity index (χ0v) is 29.9. The zero-order valence-electron chi connectivity index (χ0n) is 28.4. The Kier molecular flexibility index (Phi) is 10.8. The van der Waals surface area contributed by atoms with Gasteiger partial charge < -0.3 is 30.7 Å². The van der Waals surface area contributed by atoms with Gasteiger partial charge in [0.15, 0.2) is 0 Å². The Morgan fingerprint density at radius 3 is 1.72 bits per heavy atom. The molecule has 4 heterocycles. The van der Waals surface area contributed by atoms with E-state index >= 15 is 0 Å². The summed E-state index contributed by atoms with van der Waals surface area (Å²) in [5.41, 5.74) is 4.78. The van der Waals surface area contributed by atoms with Crippen molar-refractivity contribution in [2.45, 2.75) is 58.3 Å². The number of methoxy groups -OCH3 is 2. The van der Waals surface area contributed by atoms with E-state index in [1.165, 1.54) is 0 Å². The lowest BCUT2D eigenvalue weighted by atomic mass is 9.90. The predicted molar refractivity (Wildman–Crippen MR) is 192 cm³/mol. The number of carbonyl (C=O) groups excluding carboxylic acids is 2. The fraction of sp³-hybridized carbons (Fsp3) is 0.389. The van der Waals surface area contributed by atoms with Crippen molar-refractivity contribution in [2.75, 3.05) is 27.3 Å².